The van der Waals surface area contributed by atoms with Gasteiger partial charge in [0.15, 0.2) is 0 Å². The standard InChI is InChI=1S/C18H16ClF3N2O4S/c19-17-10-12(5-7-23-17)9-13-11-14(25)6-8-24(13)29(26,27)16-3-1-15(2-4-16)28-18(20,21)22/h1-5,7,10,13H,6,8-9,11H2. The fraction of sp³-hybridized carbons (Fsp3) is 0.333. The van der Waals surface area contributed by atoms with Crippen molar-refractivity contribution in [2.45, 2.75) is 36.6 Å². The lowest BCUT2D eigenvalue weighted by Crippen LogP contribution is -2.47. The average Bonchev–Trinajstić information content (AvgIpc) is 2.60. The minimum Gasteiger partial charge on any atom is -0.406 e. The van der Waals surface area contributed by atoms with Gasteiger partial charge in [-0.25, -0.2) is 13.4 Å². The molecule has 0 spiro atoms. The summed E-state index contributed by atoms with van der Waals surface area (Å²) in [5, 5.41) is 0.249. The monoisotopic (exact) mass is 448 g/mol. The van der Waals surface area contributed by atoms with Gasteiger partial charge in [0.05, 0.1) is 4.90 Å². The highest BCUT2D eigenvalue weighted by molar-refractivity contribution is 7.89. The third-order valence-electron chi connectivity index (χ3n) is 4.41. The van der Waals surface area contributed by atoms with E-state index in [9.17, 15) is 26.4 Å². The number of halogens is 4. The molecule has 1 fully saturated rings. The normalized spacial score (nSPS) is 18.6. The molecule has 3 rings (SSSR count). The Kier molecular flexibility index (Phi) is 6.16. The Morgan fingerprint density at radius 2 is 1.90 bits per heavy atom. The molecule has 0 N–H and O–H groups in total. The second-order valence-electron chi connectivity index (χ2n) is 6.47. The maximum absolute atomic E-state index is 13.1. The third kappa shape index (κ3) is 5.46. The number of carbonyl (C=O) groups is 1. The quantitative estimate of drug-likeness (QED) is 0.653. The highest BCUT2D eigenvalue weighted by Crippen LogP contribution is 2.29. The predicted molar refractivity (Wildman–Crippen MR) is 98.0 cm³/mol. The van der Waals surface area contributed by atoms with Crippen LogP contribution in [-0.4, -0.2) is 42.4 Å². The highest BCUT2D eigenvalue weighted by Gasteiger charge is 2.37. The van der Waals surface area contributed by atoms with Gasteiger partial charge in [0.2, 0.25) is 10.0 Å². The van der Waals surface area contributed by atoms with E-state index in [-0.39, 0.29) is 41.6 Å². The first-order valence-electron chi connectivity index (χ1n) is 8.54. The molecule has 1 aliphatic heterocycles. The Balaban J connectivity index is 1.85. The number of nitrogens with zero attached hydrogens (tertiary/aromatic N) is 2. The number of ketones is 1. The van der Waals surface area contributed by atoms with E-state index in [1.54, 1.807) is 12.1 Å². The van der Waals surface area contributed by atoms with Crippen molar-refractivity contribution < 1.29 is 31.1 Å². The summed E-state index contributed by atoms with van der Waals surface area (Å²) in [4.78, 5) is 15.6. The van der Waals surface area contributed by atoms with Crippen LogP contribution in [0.15, 0.2) is 47.5 Å². The molecular formula is C18H16ClF3N2O4S. The van der Waals surface area contributed by atoms with Gasteiger partial charge in [0.1, 0.15) is 16.7 Å². The molecule has 29 heavy (non-hydrogen) atoms. The lowest BCUT2D eigenvalue weighted by molar-refractivity contribution is -0.274. The van der Waals surface area contributed by atoms with E-state index in [0.717, 1.165) is 29.8 Å². The molecule has 1 aromatic heterocycles. The number of piperidine rings is 1. The summed E-state index contributed by atoms with van der Waals surface area (Å²) in [6.45, 7) is -0.00848. The third-order valence-corrected chi connectivity index (χ3v) is 6.58. The summed E-state index contributed by atoms with van der Waals surface area (Å²) in [5.41, 5.74) is 0.721. The fourth-order valence-electron chi connectivity index (χ4n) is 3.16. The summed E-state index contributed by atoms with van der Waals surface area (Å²) >= 11 is 5.87. The molecule has 1 saturated heterocycles. The summed E-state index contributed by atoms with van der Waals surface area (Å²) in [6, 6.07) is 6.61. The maximum Gasteiger partial charge on any atom is 0.573 e. The van der Waals surface area contributed by atoms with Crippen molar-refractivity contribution in [1.82, 2.24) is 9.29 Å². The summed E-state index contributed by atoms with van der Waals surface area (Å²) < 4.78 is 68.0. The molecule has 11 heteroatoms. The Morgan fingerprint density at radius 3 is 2.52 bits per heavy atom. The van der Waals surface area contributed by atoms with Crippen molar-refractivity contribution >= 4 is 27.4 Å². The molecule has 1 unspecified atom stereocenters. The zero-order valence-corrected chi connectivity index (χ0v) is 16.5. The zero-order valence-electron chi connectivity index (χ0n) is 14.9. The predicted octanol–water partition coefficient (Wildman–Crippen LogP) is 3.60. The van der Waals surface area contributed by atoms with Gasteiger partial charge in [0, 0.05) is 31.6 Å². The van der Waals surface area contributed by atoms with Crippen LogP contribution in [0.1, 0.15) is 18.4 Å². The first kappa shape index (κ1) is 21.5. The van der Waals surface area contributed by atoms with E-state index in [1.165, 1.54) is 10.5 Å². The first-order valence-corrected chi connectivity index (χ1v) is 10.4. The van der Waals surface area contributed by atoms with E-state index in [2.05, 4.69) is 9.72 Å². The molecule has 1 aromatic carbocycles. The van der Waals surface area contributed by atoms with E-state index in [4.69, 9.17) is 11.6 Å². The Labute approximate surface area is 170 Å². The van der Waals surface area contributed by atoms with Crippen LogP contribution >= 0.6 is 11.6 Å². The lowest BCUT2D eigenvalue weighted by atomic mass is 9.97. The SMILES string of the molecule is O=C1CCN(S(=O)(=O)c2ccc(OC(F)(F)F)cc2)C(Cc2ccnc(Cl)c2)C1. The molecule has 6 nitrogen and oxygen atoms in total. The number of Topliss-reactive ketones (excluding diaryl/α,β-unsaturated/α-hetero) is 1. The number of aromatic nitrogens is 1. The van der Waals surface area contributed by atoms with Crippen molar-refractivity contribution in [1.29, 1.82) is 0 Å². The van der Waals surface area contributed by atoms with Gasteiger partial charge in [-0.15, -0.1) is 13.2 Å². The number of sulfonamides is 1. The van der Waals surface area contributed by atoms with Gasteiger partial charge in [-0.2, -0.15) is 4.31 Å². The van der Waals surface area contributed by atoms with Gasteiger partial charge >= 0.3 is 6.36 Å². The minimum absolute atomic E-state index is 0.00848. The smallest absolute Gasteiger partial charge is 0.406 e. The highest BCUT2D eigenvalue weighted by atomic mass is 35.5. The minimum atomic E-state index is -4.87. The second-order valence-corrected chi connectivity index (χ2v) is 8.75. The second kappa shape index (κ2) is 8.29. The van der Waals surface area contributed by atoms with E-state index < -0.39 is 28.2 Å². The number of rotatable bonds is 5. The number of ether oxygens (including phenoxy) is 1. The zero-order chi connectivity index (χ0) is 21.2. The van der Waals surface area contributed by atoms with Crippen molar-refractivity contribution in [3.8, 4) is 5.75 Å². The fourth-order valence-corrected chi connectivity index (χ4v) is 4.99. The topological polar surface area (TPSA) is 76.6 Å². The molecule has 2 heterocycles. The molecule has 0 saturated carbocycles. The number of benzene rings is 1. The maximum atomic E-state index is 13.1. The average molecular weight is 449 g/mol. The lowest BCUT2D eigenvalue weighted by Gasteiger charge is -2.34. The van der Waals surface area contributed by atoms with Gasteiger partial charge in [-0.1, -0.05) is 11.6 Å². The number of pyridine rings is 1. The van der Waals surface area contributed by atoms with Crippen LogP contribution in [0.25, 0.3) is 0 Å². The number of carbonyl (C=O) groups excluding carboxylic acids is 1. The summed E-state index contributed by atoms with van der Waals surface area (Å²) in [7, 11) is -4.03. The Morgan fingerprint density at radius 1 is 1.21 bits per heavy atom. The van der Waals surface area contributed by atoms with Crippen LogP contribution in [-0.2, 0) is 21.2 Å². The number of hydrogen-bond acceptors (Lipinski definition) is 5. The number of alkyl halides is 3. The summed E-state index contributed by atoms with van der Waals surface area (Å²) in [5.74, 6) is -0.580. The molecule has 0 bridgehead atoms. The van der Waals surface area contributed by atoms with Gasteiger partial charge < -0.3 is 4.74 Å². The van der Waals surface area contributed by atoms with Crippen LogP contribution < -0.4 is 4.74 Å². The molecule has 0 aliphatic carbocycles. The molecule has 156 valence electrons. The molecule has 0 amide bonds. The van der Waals surface area contributed by atoms with Crippen LogP contribution in [0.5, 0.6) is 5.75 Å². The Bertz CT molecular complexity index is 997. The molecule has 0 radical (unpaired) electrons. The van der Waals surface area contributed by atoms with Crippen molar-refractivity contribution in [3.05, 3.63) is 53.3 Å². The van der Waals surface area contributed by atoms with Gasteiger partial charge in [-0.3, -0.25) is 4.79 Å². The van der Waals surface area contributed by atoms with Crippen molar-refractivity contribution in [2.75, 3.05) is 6.54 Å². The number of hydrogen-bond donors (Lipinski definition) is 0. The van der Waals surface area contributed by atoms with Crippen molar-refractivity contribution in [2.24, 2.45) is 0 Å². The van der Waals surface area contributed by atoms with E-state index in [0.29, 0.717) is 0 Å². The Hall–Kier alpha value is -2.17. The van der Waals surface area contributed by atoms with E-state index >= 15 is 0 Å². The summed E-state index contributed by atoms with van der Waals surface area (Å²) in [6.07, 6.45) is -3.02. The van der Waals surface area contributed by atoms with Crippen LogP contribution in [0.4, 0.5) is 13.2 Å². The molecule has 1 aliphatic rings. The van der Waals surface area contributed by atoms with Gasteiger partial charge in [-0.05, 0) is 48.4 Å². The molecule has 2 aromatic rings. The first-order chi connectivity index (χ1) is 13.5. The van der Waals surface area contributed by atoms with Crippen LogP contribution in [0, 0.1) is 0 Å². The van der Waals surface area contributed by atoms with Crippen LogP contribution in [0.3, 0.4) is 0 Å². The van der Waals surface area contributed by atoms with Gasteiger partial charge in [0.25, 0.3) is 0 Å². The van der Waals surface area contributed by atoms with E-state index in [1.807, 2.05) is 0 Å². The van der Waals surface area contributed by atoms with Crippen molar-refractivity contribution in [3.63, 3.8) is 0 Å². The van der Waals surface area contributed by atoms with Crippen LogP contribution in [0.2, 0.25) is 5.15 Å². The molecular weight excluding hydrogens is 433 g/mol. The largest absolute Gasteiger partial charge is 0.573 e. The molecule has 1 atom stereocenters.